The number of amides is 2. The lowest BCUT2D eigenvalue weighted by Gasteiger charge is -2.34. The zero-order valence-electron chi connectivity index (χ0n) is 15.6. The molecule has 3 rings (SSSR count). The molecule has 3 heterocycles. The Morgan fingerprint density at radius 1 is 1.00 bits per heavy atom. The normalized spacial score (nSPS) is 18.0. The summed E-state index contributed by atoms with van der Waals surface area (Å²) in [5, 5.41) is 0. The first-order valence-corrected chi connectivity index (χ1v) is 9.40. The number of carbonyl (C=O) groups excluding carboxylic acids is 2. The van der Waals surface area contributed by atoms with E-state index in [0.717, 1.165) is 31.6 Å². The highest BCUT2D eigenvalue weighted by Gasteiger charge is 2.25. The van der Waals surface area contributed by atoms with E-state index < -0.39 is 0 Å². The van der Waals surface area contributed by atoms with Crippen molar-refractivity contribution in [2.24, 2.45) is 0 Å². The van der Waals surface area contributed by atoms with E-state index in [9.17, 15) is 9.59 Å². The second kappa shape index (κ2) is 8.33. The van der Waals surface area contributed by atoms with Crippen molar-refractivity contribution < 1.29 is 14.3 Å². The largest absolute Gasteiger partial charge is 0.450 e. The summed E-state index contributed by atoms with van der Waals surface area (Å²) in [7, 11) is 0. The maximum atomic E-state index is 12.7. The summed E-state index contributed by atoms with van der Waals surface area (Å²) in [6.07, 6.45) is 3.01. The SMILES string of the molecule is CCOC(=O)N1CCN(c2nc(C)cc(C(=O)N3CCCCC3)n2)CC1. The Morgan fingerprint density at radius 2 is 1.69 bits per heavy atom. The number of ether oxygens (including phenoxy) is 1. The smallest absolute Gasteiger partial charge is 0.409 e. The maximum absolute atomic E-state index is 12.7. The topological polar surface area (TPSA) is 78.9 Å². The molecule has 142 valence electrons. The monoisotopic (exact) mass is 361 g/mol. The number of anilines is 1. The number of hydrogen-bond donors (Lipinski definition) is 0. The Labute approximate surface area is 154 Å². The van der Waals surface area contributed by atoms with Crippen LogP contribution in [0.4, 0.5) is 10.7 Å². The summed E-state index contributed by atoms with van der Waals surface area (Å²) in [6.45, 7) is 8.03. The molecule has 2 amide bonds. The van der Waals surface area contributed by atoms with Crippen molar-refractivity contribution in [1.82, 2.24) is 19.8 Å². The van der Waals surface area contributed by atoms with Crippen molar-refractivity contribution in [2.45, 2.75) is 33.1 Å². The molecule has 2 fully saturated rings. The third-order valence-electron chi connectivity index (χ3n) is 4.79. The van der Waals surface area contributed by atoms with E-state index in [4.69, 9.17) is 4.74 Å². The Kier molecular flexibility index (Phi) is 5.90. The predicted molar refractivity (Wildman–Crippen MR) is 97.3 cm³/mol. The minimum Gasteiger partial charge on any atom is -0.450 e. The van der Waals surface area contributed by atoms with Crippen LogP contribution in [-0.4, -0.2) is 77.6 Å². The number of aromatic nitrogens is 2. The minimum atomic E-state index is -0.279. The summed E-state index contributed by atoms with van der Waals surface area (Å²) in [4.78, 5) is 39.2. The molecule has 0 N–H and O–H groups in total. The average molecular weight is 361 g/mol. The Bertz CT molecular complexity index is 652. The van der Waals surface area contributed by atoms with E-state index in [1.165, 1.54) is 6.42 Å². The van der Waals surface area contributed by atoms with Gasteiger partial charge >= 0.3 is 6.09 Å². The second-order valence-electron chi connectivity index (χ2n) is 6.72. The molecule has 0 spiro atoms. The molecule has 1 aromatic rings. The van der Waals surface area contributed by atoms with Gasteiger partial charge in [-0.15, -0.1) is 0 Å². The van der Waals surface area contributed by atoms with Gasteiger partial charge in [0.05, 0.1) is 6.61 Å². The molecule has 26 heavy (non-hydrogen) atoms. The third kappa shape index (κ3) is 4.23. The highest BCUT2D eigenvalue weighted by molar-refractivity contribution is 5.92. The van der Waals surface area contributed by atoms with E-state index in [-0.39, 0.29) is 12.0 Å². The summed E-state index contributed by atoms with van der Waals surface area (Å²) < 4.78 is 5.05. The summed E-state index contributed by atoms with van der Waals surface area (Å²) in [5.74, 6) is 0.551. The van der Waals surface area contributed by atoms with Gasteiger partial charge in [0.15, 0.2) is 0 Å². The van der Waals surface area contributed by atoms with Crippen LogP contribution in [0.15, 0.2) is 6.07 Å². The fourth-order valence-electron chi connectivity index (χ4n) is 3.37. The van der Waals surface area contributed by atoms with Gasteiger partial charge in [-0.25, -0.2) is 14.8 Å². The van der Waals surface area contributed by atoms with Gasteiger partial charge in [-0.2, -0.15) is 0 Å². The summed E-state index contributed by atoms with van der Waals surface area (Å²) in [5.41, 5.74) is 1.24. The van der Waals surface area contributed by atoms with Gasteiger partial charge in [-0.05, 0) is 39.2 Å². The number of rotatable bonds is 3. The van der Waals surface area contributed by atoms with E-state index in [2.05, 4.69) is 9.97 Å². The first kappa shape index (κ1) is 18.4. The average Bonchev–Trinajstić information content (AvgIpc) is 2.68. The van der Waals surface area contributed by atoms with Gasteiger partial charge in [0.25, 0.3) is 5.91 Å². The number of likely N-dealkylation sites (tertiary alicyclic amines) is 1. The summed E-state index contributed by atoms with van der Waals surface area (Å²) >= 11 is 0. The zero-order valence-corrected chi connectivity index (χ0v) is 15.6. The molecule has 0 atom stereocenters. The molecule has 1 aromatic heterocycles. The number of piperidine rings is 1. The molecule has 0 radical (unpaired) electrons. The van der Waals surface area contributed by atoms with Gasteiger partial charge in [0.1, 0.15) is 5.69 Å². The van der Waals surface area contributed by atoms with Crippen molar-refractivity contribution in [3.8, 4) is 0 Å². The van der Waals surface area contributed by atoms with Crippen LogP contribution in [0.25, 0.3) is 0 Å². The fourth-order valence-corrected chi connectivity index (χ4v) is 3.37. The van der Waals surface area contributed by atoms with Crippen LogP contribution in [0.5, 0.6) is 0 Å². The maximum Gasteiger partial charge on any atom is 0.409 e. The quantitative estimate of drug-likeness (QED) is 0.815. The molecule has 0 unspecified atom stereocenters. The number of nitrogens with zero attached hydrogens (tertiary/aromatic N) is 5. The summed E-state index contributed by atoms with van der Waals surface area (Å²) in [6, 6.07) is 1.76. The van der Waals surface area contributed by atoms with Crippen molar-refractivity contribution in [3.63, 3.8) is 0 Å². The van der Waals surface area contributed by atoms with E-state index in [1.54, 1.807) is 17.9 Å². The molecule has 0 saturated carbocycles. The van der Waals surface area contributed by atoms with Crippen molar-refractivity contribution in [1.29, 1.82) is 0 Å². The molecule has 0 aromatic carbocycles. The molecular formula is C18H27N5O3. The molecule has 2 saturated heterocycles. The lowest BCUT2D eigenvalue weighted by molar-refractivity contribution is 0.0718. The first-order valence-electron chi connectivity index (χ1n) is 9.40. The molecule has 0 aliphatic carbocycles. The van der Waals surface area contributed by atoms with Gasteiger partial charge in [-0.1, -0.05) is 0 Å². The van der Waals surface area contributed by atoms with Crippen LogP contribution < -0.4 is 4.90 Å². The number of aryl methyl sites for hydroxylation is 1. The lowest BCUT2D eigenvalue weighted by Crippen LogP contribution is -2.49. The highest BCUT2D eigenvalue weighted by Crippen LogP contribution is 2.17. The first-order chi connectivity index (χ1) is 12.6. The van der Waals surface area contributed by atoms with Crippen LogP contribution in [-0.2, 0) is 4.74 Å². The van der Waals surface area contributed by atoms with E-state index in [0.29, 0.717) is 44.4 Å². The minimum absolute atomic E-state index is 0.0124. The molecule has 0 bridgehead atoms. The Balaban J connectivity index is 1.68. The van der Waals surface area contributed by atoms with E-state index >= 15 is 0 Å². The van der Waals surface area contributed by atoms with Gasteiger partial charge < -0.3 is 19.4 Å². The second-order valence-corrected chi connectivity index (χ2v) is 6.72. The van der Waals surface area contributed by atoms with Gasteiger partial charge in [-0.3, -0.25) is 4.79 Å². The lowest BCUT2D eigenvalue weighted by atomic mass is 10.1. The molecule has 8 heteroatoms. The van der Waals surface area contributed by atoms with Gasteiger partial charge in [0.2, 0.25) is 5.95 Å². The van der Waals surface area contributed by atoms with Gasteiger partial charge in [0, 0.05) is 45.0 Å². The Hall–Kier alpha value is -2.38. The van der Waals surface area contributed by atoms with Crippen molar-refractivity contribution in [2.75, 3.05) is 50.8 Å². The zero-order chi connectivity index (χ0) is 18.5. The molecule has 2 aliphatic heterocycles. The molecule has 2 aliphatic rings. The van der Waals surface area contributed by atoms with Crippen LogP contribution in [0.2, 0.25) is 0 Å². The third-order valence-corrected chi connectivity index (χ3v) is 4.79. The standard InChI is InChI=1S/C18H27N5O3/c1-3-26-18(25)23-11-9-22(10-12-23)17-19-14(2)13-15(20-17)16(24)21-7-5-4-6-8-21/h13H,3-12H2,1-2H3. The predicted octanol–water partition coefficient (Wildman–Crippen LogP) is 1.69. The fraction of sp³-hybridized carbons (Fsp3) is 0.667. The van der Waals surface area contributed by atoms with Crippen LogP contribution >= 0.6 is 0 Å². The number of carbonyl (C=O) groups is 2. The molecular weight excluding hydrogens is 334 g/mol. The highest BCUT2D eigenvalue weighted by atomic mass is 16.6. The van der Waals surface area contributed by atoms with Crippen LogP contribution in [0.3, 0.4) is 0 Å². The van der Waals surface area contributed by atoms with E-state index in [1.807, 2.05) is 16.7 Å². The number of hydrogen-bond acceptors (Lipinski definition) is 6. The van der Waals surface area contributed by atoms with Crippen LogP contribution in [0, 0.1) is 6.92 Å². The van der Waals surface area contributed by atoms with Crippen molar-refractivity contribution >= 4 is 17.9 Å². The molecule has 8 nitrogen and oxygen atoms in total. The Morgan fingerprint density at radius 3 is 2.35 bits per heavy atom. The van der Waals surface area contributed by atoms with Crippen molar-refractivity contribution in [3.05, 3.63) is 17.5 Å². The van der Waals surface area contributed by atoms with Crippen LogP contribution in [0.1, 0.15) is 42.4 Å². The number of piperazine rings is 1.